The van der Waals surface area contributed by atoms with Crippen LogP contribution in [0.25, 0.3) is 0 Å². The summed E-state index contributed by atoms with van der Waals surface area (Å²) < 4.78 is 0. The molecule has 0 radical (unpaired) electrons. The summed E-state index contributed by atoms with van der Waals surface area (Å²) in [6.45, 7) is 1.52. The Morgan fingerprint density at radius 3 is 2.53 bits per heavy atom. The molecule has 0 saturated heterocycles. The molecule has 2 rings (SSSR count). The molecule has 0 bridgehead atoms. The molecule has 1 aromatic carbocycles. The van der Waals surface area contributed by atoms with Gasteiger partial charge >= 0.3 is 0 Å². The third-order valence-electron chi connectivity index (χ3n) is 2.97. The van der Waals surface area contributed by atoms with Gasteiger partial charge in [0.1, 0.15) is 4.87 Å². The van der Waals surface area contributed by atoms with Crippen molar-refractivity contribution in [2.75, 3.05) is 0 Å². The lowest BCUT2D eigenvalue weighted by atomic mass is 9.85. The highest BCUT2D eigenvalue weighted by atomic mass is 35.5. The number of allylic oxidation sites excluding steroid dienone is 2. The molecular weight excluding hydrogens is 234 g/mol. The molecular formula is C14H14ClNO. The monoisotopic (exact) mass is 247 g/mol. The first kappa shape index (κ1) is 12.1. The van der Waals surface area contributed by atoms with Gasteiger partial charge in [0.05, 0.1) is 6.04 Å². The minimum absolute atomic E-state index is 0.00322. The summed E-state index contributed by atoms with van der Waals surface area (Å²) in [5, 5.41) is 0. The third-order valence-corrected chi connectivity index (χ3v) is 3.57. The number of benzene rings is 1. The topological polar surface area (TPSA) is 43.1 Å². The second-order valence-corrected chi connectivity index (χ2v) is 4.80. The number of nitrogens with two attached hydrogens (primary N) is 1. The molecule has 17 heavy (non-hydrogen) atoms. The molecule has 88 valence electrons. The van der Waals surface area contributed by atoms with Crippen LogP contribution in [0, 0.1) is 0 Å². The van der Waals surface area contributed by atoms with E-state index in [9.17, 15) is 4.79 Å². The van der Waals surface area contributed by atoms with E-state index >= 15 is 0 Å². The standard InChI is InChI=1S/C14H14ClNO/c1-10(17)11-7-8-14(15,13(16)9-11)12-5-3-2-4-6-12/h2-9,13H,16H2,1H3. The number of Topliss-reactive ketones (excluding diaryl/α,β-unsaturated/α-hetero) is 1. The summed E-state index contributed by atoms with van der Waals surface area (Å²) in [5.74, 6) is 0.00322. The van der Waals surface area contributed by atoms with Crippen molar-refractivity contribution >= 4 is 17.4 Å². The number of hydrogen-bond donors (Lipinski definition) is 1. The summed E-state index contributed by atoms with van der Waals surface area (Å²) >= 11 is 6.55. The lowest BCUT2D eigenvalue weighted by Gasteiger charge is -2.31. The Morgan fingerprint density at radius 2 is 2.00 bits per heavy atom. The molecule has 2 atom stereocenters. The molecule has 1 aliphatic rings. The number of carbonyl (C=O) groups is 1. The average molecular weight is 248 g/mol. The van der Waals surface area contributed by atoms with Crippen molar-refractivity contribution in [3.05, 3.63) is 59.7 Å². The Morgan fingerprint density at radius 1 is 1.35 bits per heavy atom. The van der Waals surface area contributed by atoms with E-state index in [4.69, 9.17) is 17.3 Å². The van der Waals surface area contributed by atoms with Crippen LogP contribution in [0.5, 0.6) is 0 Å². The fourth-order valence-electron chi connectivity index (χ4n) is 1.91. The zero-order valence-electron chi connectivity index (χ0n) is 9.56. The van der Waals surface area contributed by atoms with Gasteiger partial charge < -0.3 is 5.73 Å². The lowest BCUT2D eigenvalue weighted by Crippen LogP contribution is -2.40. The van der Waals surface area contributed by atoms with Gasteiger partial charge in [-0.05, 0) is 12.5 Å². The Hall–Kier alpha value is -1.38. The number of ketones is 1. The molecule has 0 spiro atoms. The number of halogens is 1. The molecule has 0 saturated carbocycles. The van der Waals surface area contributed by atoms with Crippen molar-refractivity contribution in [3.8, 4) is 0 Å². The summed E-state index contributed by atoms with van der Waals surface area (Å²) in [5.41, 5.74) is 7.61. The first-order valence-corrected chi connectivity index (χ1v) is 5.84. The largest absolute Gasteiger partial charge is 0.322 e. The van der Waals surface area contributed by atoms with E-state index in [1.165, 1.54) is 6.92 Å². The van der Waals surface area contributed by atoms with Crippen molar-refractivity contribution in [2.24, 2.45) is 5.73 Å². The molecule has 2 N–H and O–H groups in total. The highest BCUT2D eigenvalue weighted by Crippen LogP contribution is 2.37. The summed E-state index contributed by atoms with van der Waals surface area (Å²) in [6.07, 6.45) is 5.26. The van der Waals surface area contributed by atoms with Crippen molar-refractivity contribution in [1.82, 2.24) is 0 Å². The molecule has 2 nitrogen and oxygen atoms in total. The van der Waals surface area contributed by atoms with E-state index < -0.39 is 10.9 Å². The van der Waals surface area contributed by atoms with Crippen LogP contribution in [0.1, 0.15) is 12.5 Å². The fraction of sp³-hybridized carbons (Fsp3) is 0.214. The van der Waals surface area contributed by atoms with E-state index in [2.05, 4.69) is 0 Å². The molecule has 1 aromatic rings. The maximum atomic E-state index is 11.3. The molecule has 2 unspecified atom stereocenters. The zero-order valence-corrected chi connectivity index (χ0v) is 10.3. The fourth-order valence-corrected chi connectivity index (χ4v) is 2.16. The Bertz CT molecular complexity index is 492. The normalized spacial score (nSPS) is 27.7. The van der Waals surface area contributed by atoms with E-state index in [1.54, 1.807) is 18.2 Å². The summed E-state index contributed by atoms with van der Waals surface area (Å²) in [6, 6.07) is 9.23. The second kappa shape index (κ2) is 4.47. The van der Waals surface area contributed by atoms with Gasteiger partial charge in [-0.25, -0.2) is 0 Å². The van der Waals surface area contributed by atoms with E-state index in [0.29, 0.717) is 5.57 Å². The van der Waals surface area contributed by atoms with Gasteiger partial charge in [0.15, 0.2) is 5.78 Å². The summed E-state index contributed by atoms with van der Waals surface area (Å²) in [4.78, 5) is 10.5. The first-order valence-electron chi connectivity index (χ1n) is 5.46. The van der Waals surface area contributed by atoms with Gasteiger partial charge in [-0.2, -0.15) is 0 Å². The number of carbonyl (C=O) groups excluding carboxylic acids is 1. The molecule has 0 heterocycles. The van der Waals surface area contributed by atoms with Crippen LogP contribution >= 0.6 is 11.6 Å². The second-order valence-electron chi connectivity index (χ2n) is 4.17. The van der Waals surface area contributed by atoms with Crippen molar-refractivity contribution in [2.45, 2.75) is 17.8 Å². The van der Waals surface area contributed by atoms with Gasteiger partial charge in [0.2, 0.25) is 0 Å². The predicted molar refractivity (Wildman–Crippen MR) is 69.9 cm³/mol. The smallest absolute Gasteiger partial charge is 0.159 e. The van der Waals surface area contributed by atoms with Crippen LogP contribution in [0.15, 0.2) is 54.1 Å². The van der Waals surface area contributed by atoms with Crippen molar-refractivity contribution in [3.63, 3.8) is 0 Å². The van der Waals surface area contributed by atoms with Crippen molar-refractivity contribution in [1.29, 1.82) is 0 Å². The highest BCUT2D eigenvalue weighted by Gasteiger charge is 2.35. The Balaban J connectivity index is 2.38. The molecule has 3 heteroatoms. The molecule has 0 fully saturated rings. The minimum atomic E-state index is -0.764. The maximum absolute atomic E-state index is 11.3. The van der Waals surface area contributed by atoms with E-state index in [-0.39, 0.29) is 5.78 Å². The van der Waals surface area contributed by atoms with Gasteiger partial charge in [0.25, 0.3) is 0 Å². The van der Waals surface area contributed by atoms with Gasteiger partial charge in [-0.3, -0.25) is 4.79 Å². The average Bonchev–Trinajstić information content (AvgIpc) is 2.33. The molecule has 1 aliphatic carbocycles. The lowest BCUT2D eigenvalue weighted by molar-refractivity contribution is -0.113. The van der Waals surface area contributed by atoms with E-state index in [1.807, 2.05) is 30.3 Å². The van der Waals surface area contributed by atoms with Crippen molar-refractivity contribution < 1.29 is 4.79 Å². The Labute approximate surface area is 106 Å². The van der Waals surface area contributed by atoms with Crippen LogP contribution in [-0.4, -0.2) is 11.8 Å². The number of rotatable bonds is 2. The zero-order chi connectivity index (χ0) is 12.5. The summed E-state index contributed by atoms with van der Waals surface area (Å²) in [7, 11) is 0. The van der Waals surface area contributed by atoms with Gasteiger partial charge in [-0.15, -0.1) is 11.6 Å². The Kier molecular flexibility index (Phi) is 3.18. The van der Waals surface area contributed by atoms with Crippen LogP contribution in [-0.2, 0) is 9.67 Å². The SMILES string of the molecule is CC(=O)C1=CC(N)C(Cl)(c2ccccc2)C=C1. The quantitative estimate of drug-likeness (QED) is 0.817. The molecule has 0 aromatic heterocycles. The first-order chi connectivity index (χ1) is 8.04. The minimum Gasteiger partial charge on any atom is -0.322 e. The highest BCUT2D eigenvalue weighted by molar-refractivity contribution is 6.26. The third kappa shape index (κ3) is 2.19. The van der Waals surface area contributed by atoms with Crippen LogP contribution in [0.3, 0.4) is 0 Å². The van der Waals surface area contributed by atoms with Gasteiger partial charge in [0, 0.05) is 5.57 Å². The molecule has 0 amide bonds. The van der Waals surface area contributed by atoms with Crippen LogP contribution in [0.4, 0.5) is 0 Å². The number of alkyl halides is 1. The van der Waals surface area contributed by atoms with Gasteiger partial charge in [-0.1, -0.05) is 48.6 Å². The van der Waals surface area contributed by atoms with Crippen LogP contribution < -0.4 is 5.73 Å². The maximum Gasteiger partial charge on any atom is 0.159 e. The molecule has 0 aliphatic heterocycles. The van der Waals surface area contributed by atoms with E-state index in [0.717, 1.165) is 5.56 Å². The number of hydrogen-bond acceptors (Lipinski definition) is 2. The predicted octanol–water partition coefficient (Wildman–Crippen LogP) is 2.53. The van der Waals surface area contributed by atoms with Crippen LogP contribution in [0.2, 0.25) is 0 Å².